The third-order valence-corrected chi connectivity index (χ3v) is 2.42. The van der Waals surface area contributed by atoms with Gasteiger partial charge in [0.15, 0.2) is 5.65 Å². The van der Waals surface area contributed by atoms with Gasteiger partial charge in [0.25, 0.3) is 0 Å². The number of nitrogens with two attached hydrogens (primary N) is 1. The van der Waals surface area contributed by atoms with Crippen LogP contribution < -0.4 is 11.1 Å². The van der Waals surface area contributed by atoms with Crippen molar-refractivity contribution < 1.29 is 0 Å². The molecule has 86 valence electrons. The predicted octanol–water partition coefficient (Wildman–Crippen LogP) is 0.971. The molecule has 0 atom stereocenters. The third kappa shape index (κ3) is 1.99. The van der Waals surface area contributed by atoms with Gasteiger partial charge in [-0.25, -0.2) is 4.98 Å². The van der Waals surface area contributed by atoms with Gasteiger partial charge in [0, 0.05) is 30.9 Å². The molecule has 2 rings (SSSR count). The molecule has 0 bridgehead atoms. The number of fused-ring (bicyclic) bond motifs is 1. The van der Waals surface area contributed by atoms with Gasteiger partial charge in [-0.1, -0.05) is 6.92 Å². The quantitative estimate of drug-likeness (QED) is 0.804. The Morgan fingerprint density at radius 1 is 1.44 bits per heavy atom. The van der Waals surface area contributed by atoms with Crippen molar-refractivity contribution >= 4 is 11.5 Å². The van der Waals surface area contributed by atoms with E-state index >= 15 is 0 Å². The van der Waals surface area contributed by atoms with E-state index in [-0.39, 0.29) is 0 Å². The molecule has 0 radical (unpaired) electrons. The van der Waals surface area contributed by atoms with Gasteiger partial charge in [-0.2, -0.15) is 9.61 Å². The molecule has 5 heteroatoms. The third-order valence-electron chi connectivity index (χ3n) is 2.42. The van der Waals surface area contributed by atoms with Crippen LogP contribution >= 0.6 is 0 Å². The first-order chi connectivity index (χ1) is 7.74. The highest BCUT2D eigenvalue weighted by Gasteiger charge is 2.06. The molecule has 2 heterocycles. The fourth-order valence-electron chi connectivity index (χ4n) is 1.65. The molecule has 16 heavy (non-hydrogen) atoms. The van der Waals surface area contributed by atoms with E-state index in [1.54, 1.807) is 0 Å². The van der Waals surface area contributed by atoms with Crippen molar-refractivity contribution in [2.75, 3.05) is 18.4 Å². The Kier molecular flexibility index (Phi) is 3.05. The zero-order valence-corrected chi connectivity index (χ0v) is 9.70. The van der Waals surface area contributed by atoms with E-state index in [0.717, 1.165) is 35.8 Å². The summed E-state index contributed by atoms with van der Waals surface area (Å²) in [5.41, 5.74) is 8.40. The highest BCUT2D eigenvalue weighted by Crippen LogP contribution is 2.13. The highest BCUT2D eigenvalue weighted by atomic mass is 15.3. The van der Waals surface area contributed by atoms with Crippen molar-refractivity contribution in [3.63, 3.8) is 0 Å². The van der Waals surface area contributed by atoms with Gasteiger partial charge >= 0.3 is 0 Å². The Hall–Kier alpha value is -1.62. The first-order valence-electron chi connectivity index (χ1n) is 5.55. The molecule has 3 N–H and O–H groups in total. The second-order valence-corrected chi connectivity index (χ2v) is 3.76. The topological polar surface area (TPSA) is 68.2 Å². The molecule has 0 spiro atoms. The minimum Gasteiger partial charge on any atom is -0.369 e. The number of hydrogen-bond acceptors (Lipinski definition) is 4. The Morgan fingerprint density at radius 3 is 2.94 bits per heavy atom. The number of aryl methyl sites for hydroxylation is 2. The maximum atomic E-state index is 5.48. The number of aromatic nitrogens is 3. The second kappa shape index (κ2) is 4.49. The highest BCUT2D eigenvalue weighted by molar-refractivity contribution is 5.50. The molecule has 0 aliphatic heterocycles. The van der Waals surface area contributed by atoms with Crippen molar-refractivity contribution in [1.82, 2.24) is 14.6 Å². The van der Waals surface area contributed by atoms with Gasteiger partial charge in [-0.15, -0.1) is 0 Å². The summed E-state index contributed by atoms with van der Waals surface area (Å²) in [5.74, 6) is 0.952. The van der Waals surface area contributed by atoms with Crippen molar-refractivity contribution in [3.05, 3.63) is 23.5 Å². The van der Waals surface area contributed by atoms with Crippen LogP contribution in [-0.4, -0.2) is 27.7 Å². The molecule has 0 fully saturated rings. The molecule has 0 saturated heterocycles. The summed E-state index contributed by atoms with van der Waals surface area (Å²) in [6.45, 7) is 5.40. The van der Waals surface area contributed by atoms with E-state index < -0.39 is 0 Å². The van der Waals surface area contributed by atoms with Crippen LogP contribution in [0.15, 0.2) is 12.1 Å². The number of rotatable bonds is 4. The lowest BCUT2D eigenvalue weighted by molar-refractivity contribution is 0.873. The van der Waals surface area contributed by atoms with Crippen LogP contribution in [0.25, 0.3) is 5.65 Å². The molecule has 0 aliphatic rings. The van der Waals surface area contributed by atoms with E-state index in [0.29, 0.717) is 6.54 Å². The summed E-state index contributed by atoms with van der Waals surface area (Å²) in [5, 5.41) is 7.73. The average Bonchev–Trinajstić information content (AvgIpc) is 2.68. The predicted molar refractivity (Wildman–Crippen MR) is 64.6 cm³/mol. The van der Waals surface area contributed by atoms with Gasteiger partial charge in [0.1, 0.15) is 5.82 Å². The largest absolute Gasteiger partial charge is 0.369 e. The summed E-state index contributed by atoms with van der Waals surface area (Å²) in [6, 6.07) is 4.00. The molecule has 0 aromatic carbocycles. The van der Waals surface area contributed by atoms with Crippen LogP contribution in [0, 0.1) is 6.92 Å². The zero-order chi connectivity index (χ0) is 11.5. The summed E-state index contributed by atoms with van der Waals surface area (Å²) < 4.78 is 1.83. The molecule has 0 aliphatic carbocycles. The monoisotopic (exact) mass is 219 g/mol. The fourth-order valence-corrected chi connectivity index (χ4v) is 1.65. The van der Waals surface area contributed by atoms with Crippen LogP contribution in [0.3, 0.4) is 0 Å². The van der Waals surface area contributed by atoms with Crippen LogP contribution in [0.1, 0.15) is 18.3 Å². The first-order valence-corrected chi connectivity index (χ1v) is 5.55. The minimum atomic E-state index is 0.602. The molecular weight excluding hydrogens is 202 g/mol. The minimum absolute atomic E-state index is 0.602. The first kappa shape index (κ1) is 10.9. The van der Waals surface area contributed by atoms with Crippen LogP contribution in [0.4, 0.5) is 5.82 Å². The maximum absolute atomic E-state index is 5.48. The zero-order valence-electron chi connectivity index (χ0n) is 9.70. The number of anilines is 1. The number of nitrogens with zero attached hydrogens (tertiary/aromatic N) is 3. The Morgan fingerprint density at radius 2 is 2.25 bits per heavy atom. The van der Waals surface area contributed by atoms with Gasteiger partial charge in [0.05, 0.1) is 5.69 Å². The van der Waals surface area contributed by atoms with E-state index in [2.05, 4.69) is 22.3 Å². The standard InChI is InChI=1S/C11H17N5/c1-3-9-7-11-14-8(2)6-10(13-5-4-12)16(11)15-9/h6-7,13H,3-5,12H2,1-2H3. The number of hydrogen-bond donors (Lipinski definition) is 2. The van der Waals surface area contributed by atoms with Gasteiger partial charge in [-0.3, -0.25) is 0 Å². The second-order valence-electron chi connectivity index (χ2n) is 3.76. The SMILES string of the molecule is CCc1cc2nc(C)cc(NCCN)n2n1. The summed E-state index contributed by atoms with van der Waals surface area (Å²) in [6.07, 6.45) is 0.915. The van der Waals surface area contributed by atoms with E-state index in [4.69, 9.17) is 5.73 Å². The molecule has 5 nitrogen and oxygen atoms in total. The smallest absolute Gasteiger partial charge is 0.157 e. The average molecular weight is 219 g/mol. The summed E-state index contributed by atoms with van der Waals surface area (Å²) in [4.78, 5) is 4.44. The molecular formula is C11H17N5. The lowest BCUT2D eigenvalue weighted by Crippen LogP contribution is -2.15. The van der Waals surface area contributed by atoms with Gasteiger partial charge in [-0.05, 0) is 13.3 Å². The number of nitrogens with one attached hydrogen (secondary N) is 1. The van der Waals surface area contributed by atoms with E-state index in [1.807, 2.05) is 23.6 Å². The Balaban J connectivity index is 2.48. The molecule has 2 aromatic rings. The van der Waals surface area contributed by atoms with Gasteiger partial charge < -0.3 is 11.1 Å². The molecule has 0 amide bonds. The lowest BCUT2D eigenvalue weighted by atomic mass is 10.3. The lowest BCUT2D eigenvalue weighted by Gasteiger charge is -2.07. The van der Waals surface area contributed by atoms with Crippen molar-refractivity contribution in [2.45, 2.75) is 20.3 Å². The van der Waals surface area contributed by atoms with Crippen LogP contribution in [-0.2, 0) is 6.42 Å². The van der Waals surface area contributed by atoms with Crippen molar-refractivity contribution in [3.8, 4) is 0 Å². The maximum Gasteiger partial charge on any atom is 0.157 e. The molecule has 0 unspecified atom stereocenters. The fraction of sp³-hybridized carbons (Fsp3) is 0.455. The van der Waals surface area contributed by atoms with Gasteiger partial charge in [0.2, 0.25) is 0 Å². The summed E-state index contributed by atoms with van der Waals surface area (Å²) >= 11 is 0. The molecule has 2 aromatic heterocycles. The van der Waals surface area contributed by atoms with Crippen LogP contribution in [0.2, 0.25) is 0 Å². The Labute approximate surface area is 94.7 Å². The van der Waals surface area contributed by atoms with Crippen molar-refractivity contribution in [2.24, 2.45) is 5.73 Å². The van der Waals surface area contributed by atoms with E-state index in [1.165, 1.54) is 0 Å². The van der Waals surface area contributed by atoms with E-state index in [9.17, 15) is 0 Å². The normalized spacial score (nSPS) is 10.9. The summed E-state index contributed by atoms with van der Waals surface area (Å²) in [7, 11) is 0. The molecule has 0 saturated carbocycles. The van der Waals surface area contributed by atoms with Crippen LogP contribution in [0.5, 0.6) is 0 Å². The van der Waals surface area contributed by atoms with Crippen molar-refractivity contribution in [1.29, 1.82) is 0 Å². The Bertz CT molecular complexity index is 488.